The lowest BCUT2D eigenvalue weighted by Gasteiger charge is -2.17. The van der Waals surface area contributed by atoms with Crippen LogP contribution < -0.4 is 10.2 Å². The van der Waals surface area contributed by atoms with Crippen LogP contribution in [-0.2, 0) is 6.42 Å². The van der Waals surface area contributed by atoms with Crippen LogP contribution in [0.5, 0.6) is 5.75 Å². The Morgan fingerprint density at radius 2 is 1.79 bits per heavy atom. The fourth-order valence-electron chi connectivity index (χ4n) is 3.15. The molecule has 1 N–H and O–H groups in total. The molecule has 0 amide bonds. The summed E-state index contributed by atoms with van der Waals surface area (Å²) >= 11 is 0. The molecule has 2 heterocycles. The Morgan fingerprint density at radius 1 is 1.03 bits per heavy atom. The van der Waals surface area contributed by atoms with Gasteiger partial charge in [0.05, 0.1) is 23.7 Å². The zero-order chi connectivity index (χ0) is 24.3. The van der Waals surface area contributed by atoms with Crippen molar-refractivity contribution < 1.29 is 18.6 Å². The molecule has 0 bridgehead atoms. The third-order valence-corrected chi connectivity index (χ3v) is 4.82. The lowest BCUT2D eigenvalue weighted by atomic mass is 10.1. The average molecular weight is 464 g/mol. The number of hydrogen-bond acceptors (Lipinski definition) is 6. The summed E-state index contributed by atoms with van der Waals surface area (Å²) in [4.78, 5) is 21.0. The zero-order valence-electron chi connectivity index (χ0n) is 18.6. The maximum Gasteiger partial charge on any atom is 0.203 e. The number of nitrogens with zero attached hydrogens (tertiary/aromatic N) is 4. The van der Waals surface area contributed by atoms with E-state index in [1.807, 2.05) is 24.3 Å². The van der Waals surface area contributed by atoms with Gasteiger partial charge in [-0.3, -0.25) is 4.79 Å². The molecule has 2 aromatic heterocycles. The van der Waals surface area contributed by atoms with Gasteiger partial charge in [0.25, 0.3) is 0 Å². The van der Waals surface area contributed by atoms with E-state index in [0.29, 0.717) is 17.3 Å². The van der Waals surface area contributed by atoms with Crippen LogP contribution >= 0.6 is 0 Å². The average Bonchev–Trinajstić information content (AvgIpc) is 2.81. The molecule has 0 saturated carbocycles. The molecule has 0 fully saturated rings. The maximum atomic E-state index is 13.6. The van der Waals surface area contributed by atoms with Crippen LogP contribution in [0.4, 0.5) is 8.78 Å². The minimum absolute atomic E-state index is 0.108. The van der Waals surface area contributed by atoms with Gasteiger partial charge in [-0.2, -0.15) is 5.10 Å². The molecule has 4 rings (SSSR count). The molecule has 2 aromatic carbocycles. The number of hydrogen-bond donors (Lipinski definition) is 1. The molecule has 0 radical (unpaired) electrons. The Kier molecular flexibility index (Phi) is 6.47. The highest BCUT2D eigenvalue weighted by Gasteiger charge is 2.14. The first-order valence-corrected chi connectivity index (χ1v) is 10.5. The summed E-state index contributed by atoms with van der Waals surface area (Å²) in [5.41, 5.74) is 0.852. The van der Waals surface area contributed by atoms with Crippen LogP contribution in [0, 0.1) is 11.6 Å². The van der Waals surface area contributed by atoms with Gasteiger partial charge in [-0.05, 0) is 37.6 Å². The number of aliphatic hydroxyl groups is 1. The Hall–Kier alpha value is -3.98. The number of aromatic nitrogens is 4. The molecule has 0 atom stereocenters. The molecule has 0 unspecified atom stereocenters. The van der Waals surface area contributed by atoms with Crippen molar-refractivity contribution >= 4 is 0 Å². The molecule has 4 aromatic rings. The first-order chi connectivity index (χ1) is 16.2. The van der Waals surface area contributed by atoms with Gasteiger partial charge in [-0.1, -0.05) is 18.2 Å². The van der Waals surface area contributed by atoms with E-state index in [4.69, 9.17) is 4.74 Å². The molecule has 7 nitrogen and oxygen atoms in total. The molecular formula is C25H22F2N4O3. The smallest absolute Gasteiger partial charge is 0.203 e. The summed E-state index contributed by atoms with van der Waals surface area (Å²) in [5, 5.41) is 14.1. The summed E-state index contributed by atoms with van der Waals surface area (Å²) in [5.74, 6) is -1.05. The monoisotopic (exact) mass is 464 g/mol. The Morgan fingerprint density at radius 3 is 2.50 bits per heavy atom. The van der Waals surface area contributed by atoms with Crippen molar-refractivity contribution in [2.45, 2.75) is 25.9 Å². The number of rotatable bonds is 7. The van der Waals surface area contributed by atoms with Gasteiger partial charge in [0.2, 0.25) is 5.43 Å². The molecule has 0 aliphatic carbocycles. The molecule has 0 saturated heterocycles. The zero-order valence-corrected chi connectivity index (χ0v) is 18.6. The van der Waals surface area contributed by atoms with Gasteiger partial charge >= 0.3 is 0 Å². The Bertz CT molecular complexity index is 1370. The topological polar surface area (TPSA) is 90.1 Å². The van der Waals surface area contributed by atoms with Crippen LogP contribution in [0.1, 0.15) is 25.1 Å². The molecule has 0 aliphatic heterocycles. The van der Waals surface area contributed by atoms with Gasteiger partial charge in [0.1, 0.15) is 12.3 Å². The minimum atomic E-state index is -0.997. The van der Waals surface area contributed by atoms with Crippen molar-refractivity contribution in [3.05, 3.63) is 100 Å². The highest BCUT2D eigenvalue weighted by molar-refractivity contribution is 5.56. The third-order valence-electron chi connectivity index (χ3n) is 4.82. The fraction of sp³-hybridized carbons (Fsp3) is 0.200. The molecule has 0 aliphatic rings. The number of benzene rings is 2. The van der Waals surface area contributed by atoms with E-state index in [1.165, 1.54) is 35.4 Å². The quantitative estimate of drug-likeness (QED) is 0.449. The molecule has 34 heavy (non-hydrogen) atoms. The second-order valence-electron chi connectivity index (χ2n) is 8.39. The molecule has 174 valence electrons. The van der Waals surface area contributed by atoms with E-state index in [0.717, 1.165) is 23.3 Å². The normalized spacial score (nSPS) is 11.4. The highest BCUT2D eigenvalue weighted by Crippen LogP contribution is 2.20. The van der Waals surface area contributed by atoms with Crippen molar-refractivity contribution in [3.8, 4) is 22.8 Å². The van der Waals surface area contributed by atoms with Crippen LogP contribution in [0.3, 0.4) is 0 Å². The molecular weight excluding hydrogens is 442 g/mol. The van der Waals surface area contributed by atoms with Gasteiger partial charge in [-0.15, -0.1) is 0 Å². The summed E-state index contributed by atoms with van der Waals surface area (Å²) in [6.07, 6.45) is 4.69. The fourth-order valence-corrected chi connectivity index (χ4v) is 3.15. The van der Waals surface area contributed by atoms with Crippen molar-refractivity contribution in [1.82, 2.24) is 19.7 Å². The van der Waals surface area contributed by atoms with Crippen molar-refractivity contribution in [3.63, 3.8) is 0 Å². The molecule has 0 spiro atoms. The van der Waals surface area contributed by atoms with Gasteiger partial charge in [-0.25, -0.2) is 23.4 Å². The highest BCUT2D eigenvalue weighted by atomic mass is 19.2. The minimum Gasteiger partial charge on any atom is -0.487 e. The summed E-state index contributed by atoms with van der Waals surface area (Å²) in [6, 6.07) is 12.1. The van der Waals surface area contributed by atoms with E-state index < -0.39 is 17.2 Å². The van der Waals surface area contributed by atoms with Crippen LogP contribution in [0.15, 0.2) is 71.9 Å². The van der Waals surface area contributed by atoms with E-state index in [9.17, 15) is 18.7 Å². The third kappa shape index (κ3) is 5.68. The summed E-state index contributed by atoms with van der Waals surface area (Å²) < 4.78 is 33.7. The van der Waals surface area contributed by atoms with E-state index in [2.05, 4.69) is 15.1 Å². The second-order valence-corrected chi connectivity index (χ2v) is 8.39. The van der Waals surface area contributed by atoms with E-state index >= 15 is 0 Å². The number of halogens is 2. The first kappa shape index (κ1) is 23.2. The Balaban J connectivity index is 1.55. The maximum absolute atomic E-state index is 13.6. The molecule has 9 heteroatoms. The first-order valence-electron chi connectivity index (χ1n) is 10.5. The second kappa shape index (κ2) is 9.48. The number of ether oxygens (including phenoxy) is 1. The largest absolute Gasteiger partial charge is 0.487 e. The van der Waals surface area contributed by atoms with Gasteiger partial charge in [0, 0.05) is 30.3 Å². The van der Waals surface area contributed by atoms with Crippen molar-refractivity contribution in [2.75, 3.05) is 6.61 Å². The van der Waals surface area contributed by atoms with Crippen LogP contribution in [0.2, 0.25) is 0 Å². The Labute approximate surface area is 194 Å². The SMILES string of the molecule is CC(C)(O)COc1cnc(-c2cccc(Cc3nn(-c4ccc(F)c(F)c4)ccc3=O)c2)nc1. The van der Waals surface area contributed by atoms with Gasteiger partial charge in [0.15, 0.2) is 23.2 Å². The van der Waals surface area contributed by atoms with Crippen molar-refractivity contribution in [2.24, 2.45) is 0 Å². The van der Waals surface area contributed by atoms with E-state index in [-0.39, 0.29) is 24.2 Å². The predicted octanol–water partition coefficient (Wildman–Crippen LogP) is 3.71. The lowest BCUT2D eigenvalue weighted by Crippen LogP contribution is -2.27. The van der Waals surface area contributed by atoms with Crippen LogP contribution in [0.25, 0.3) is 17.1 Å². The van der Waals surface area contributed by atoms with Gasteiger partial charge < -0.3 is 9.84 Å². The predicted molar refractivity (Wildman–Crippen MR) is 122 cm³/mol. The van der Waals surface area contributed by atoms with Crippen molar-refractivity contribution in [1.29, 1.82) is 0 Å². The van der Waals surface area contributed by atoms with Crippen LogP contribution in [-0.4, -0.2) is 37.1 Å². The lowest BCUT2D eigenvalue weighted by molar-refractivity contribution is 0.0282. The van der Waals surface area contributed by atoms with E-state index in [1.54, 1.807) is 13.8 Å². The summed E-state index contributed by atoms with van der Waals surface area (Å²) in [6.45, 7) is 3.39. The standard InChI is InChI=1S/C25H22F2N4O3/c1-25(2,33)15-34-19-13-28-24(29-14-19)17-5-3-4-16(10-17)11-22-23(32)8-9-31(30-22)18-6-7-20(26)21(27)12-18/h3-10,12-14,33H,11,15H2,1-2H3. The summed E-state index contributed by atoms with van der Waals surface area (Å²) in [7, 11) is 0.